The number of pyridine rings is 1. The van der Waals surface area contributed by atoms with Crippen LogP contribution in [-0.4, -0.2) is 29.3 Å². The van der Waals surface area contributed by atoms with Gasteiger partial charge in [-0.1, -0.05) is 18.2 Å². The normalized spacial score (nSPS) is 10.7. The number of amides is 2. The molecule has 0 aliphatic carbocycles. The third kappa shape index (κ3) is 3.49. The number of carbonyl (C=O) groups is 1. The zero-order chi connectivity index (χ0) is 16.1. The Labute approximate surface area is 134 Å². The predicted octanol–water partition coefficient (Wildman–Crippen LogP) is 3.33. The average molecular weight is 310 g/mol. The van der Waals surface area contributed by atoms with Gasteiger partial charge in [0.05, 0.1) is 29.7 Å². The number of ether oxygens (including phenoxy) is 1. The van der Waals surface area contributed by atoms with Gasteiger partial charge in [-0.25, -0.2) is 4.79 Å². The molecule has 0 unspecified atom stereocenters. The summed E-state index contributed by atoms with van der Waals surface area (Å²) in [7, 11) is 1.67. The van der Waals surface area contributed by atoms with Crippen molar-refractivity contribution in [3.05, 3.63) is 55.0 Å². The number of rotatable bonds is 5. The van der Waals surface area contributed by atoms with E-state index in [-0.39, 0.29) is 6.03 Å². The number of aromatic nitrogens is 2. The molecular weight excluding hydrogens is 292 g/mol. The summed E-state index contributed by atoms with van der Waals surface area (Å²) in [6.45, 7) is 1.34. The standard InChI is InChI=1S/C17H18N4O2/c1-23-10-9-21-12-15(14-6-2-3-7-16(14)21)20-17(22)19-13-5-4-8-18-11-13/h2-8,11-12H,9-10H2,1H3,(H2,19,20,22). The SMILES string of the molecule is COCCn1cc(NC(=O)Nc2cccnc2)c2ccccc21. The number of hydrogen-bond donors (Lipinski definition) is 2. The lowest BCUT2D eigenvalue weighted by molar-refractivity contribution is 0.188. The van der Waals surface area contributed by atoms with Crippen LogP contribution in [0.4, 0.5) is 16.2 Å². The Bertz CT molecular complexity index is 799. The molecule has 3 rings (SSSR count). The third-order valence-corrected chi connectivity index (χ3v) is 3.49. The lowest BCUT2D eigenvalue weighted by atomic mass is 10.2. The van der Waals surface area contributed by atoms with Crippen LogP contribution in [0, 0.1) is 0 Å². The zero-order valence-electron chi connectivity index (χ0n) is 12.8. The summed E-state index contributed by atoms with van der Waals surface area (Å²) in [4.78, 5) is 16.1. The van der Waals surface area contributed by atoms with E-state index in [4.69, 9.17) is 4.74 Å². The summed E-state index contributed by atoms with van der Waals surface area (Å²) in [5.41, 5.74) is 2.47. The van der Waals surface area contributed by atoms with Crippen LogP contribution in [0.15, 0.2) is 55.0 Å². The summed E-state index contributed by atoms with van der Waals surface area (Å²) in [6.07, 6.45) is 5.18. The molecule has 1 aromatic carbocycles. The van der Waals surface area contributed by atoms with Gasteiger partial charge in [0.15, 0.2) is 0 Å². The number of urea groups is 1. The Morgan fingerprint density at radius 1 is 1.22 bits per heavy atom. The van der Waals surface area contributed by atoms with E-state index in [1.54, 1.807) is 31.6 Å². The molecule has 0 aliphatic rings. The molecule has 2 heterocycles. The second-order valence-corrected chi connectivity index (χ2v) is 5.07. The minimum Gasteiger partial charge on any atom is -0.383 e. The van der Waals surface area contributed by atoms with Gasteiger partial charge in [0.25, 0.3) is 0 Å². The van der Waals surface area contributed by atoms with Gasteiger partial charge in [-0.3, -0.25) is 4.98 Å². The van der Waals surface area contributed by atoms with Gasteiger partial charge in [-0.05, 0) is 18.2 Å². The molecule has 2 amide bonds. The maximum Gasteiger partial charge on any atom is 0.323 e. The summed E-state index contributed by atoms with van der Waals surface area (Å²) < 4.78 is 7.20. The van der Waals surface area contributed by atoms with Gasteiger partial charge in [0.2, 0.25) is 0 Å². The fourth-order valence-corrected chi connectivity index (χ4v) is 2.44. The van der Waals surface area contributed by atoms with Gasteiger partial charge < -0.3 is 19.9 Å². The van der Waals surface area contributed by atoms with Crippen molar-refractivity contribution in [1.82, 2.24) is 9.55 Å². The fourth-order valence-electron chi connectivity index (χ4n) is 2.44. The maximum absolute atomic E-state index is 12.2. The highest BCUT2D eigenvalue weighted by Gasteiger charge is 2.10. The van der Waals surface area contributed by atoms with Gasteiger partial charge >= 0.3 is 6.03 Å². The number of carbonyl (C=O) groups excluding carboxylic acids is 1. The first-order chi connectivity index (χ1) is 11.3. The Hall–Kier alpha value is -2.86. The highest BCUT2D eigenvalue weighted by Crippen LogP contribution is 2.26. The molecule has 6 nitrogen and oxygen atoms in total. The van der Waals surface area contributed by atoms with E-state index in [0.717, 1.165) is 23.1 Å². The van der Waals surface area contributed by atoms with E-state index in [1.807, 2.05) is 30.5 Å². The minimum absolute atomic E-state index is 0.298. The Morgan fingerprint density at radius 2 is 2.09 bits per heavy atom. The van der Waals surface area contributed by atoms with Crippen LogP contribution < -0.4 is 10.6 Å². The van der Waals surface area contributed by atoms with E-state index >= 15 is 0 Å². The van der Waals surface area contributed by atoms with Crippen LogP contribution >= 0.6 is 0 Å². The van der Waals surface area contributed by atoms with Crippen LogP contribution in [0.3, 0.4) is 0 Å². The van der Waals surface area contributed by atoms with E-state index in [1.165, 1.54) is 0 Å². The molecule has 0 aliphatic heterocycles. The van der Waals surface area contributed by atoms with Gasteiger partial charge in [0, 0.05) is 31.4 Å². The summed E-state index contributed by atoms with van der Waals surface area (Å²) >= 11 is 0. The number of hydrogen-bond acceptors (Lipinski definition) is 3. The number of para-hydroxylation sites is 1. The third-order valence-electron chi connectivity index (χ3n) is 3.49. The topological polar surface area (TPSA) is 68.2 Å². The Balaban J connectivity index is 1.80. The molecule has 0 radical (unpaired) electrons. The molecule has 0 bridgehead atoms. The quantitative estimate of drug-likeness (QED) is 0.759. The largest absolute Gasteiger partial charge is 0.383 e. The minimum atomic E-state index is -0.298. The van der Waals surface area contributed by atoms with Crippen molar-refractivity contribution < 1.29 is 9.53 Å². The van der Waals surface area contributed by atoms with Crippen LogP contribution in [0.1, 0.15) is 0 Å². The van der Waals surface area contributed by atoms with Gasteiger partial charge in [-0.15, -0.1) is 0 Å². The van der Waals surface area contributed by atoms with E-state index < -0.39 is 0 Å². The van der Waals surface area contributed by atoms with Crippen LogP contribution in [0.5, 0.6) is 0 Å². The first-order valence-electron chi connectivity index (χ1n) is 7.33. The Morgan fingerprint density at radius 3 is 2.87 bits per heavy atom. The molecule has 0 spiro atoms. The first kappa shape index (κ1) is 15.1. The molecule has 0 atom stereocenters. The number of nitrogens with one attached hydrogen (secondary N) is 2. The van der Waals surface area contributed by atoms with Crippen molar-refractivity contribution in [2.24, 2.45) is 0 Å². The molecule has 6 heteroatoms. The maximum atomic E-state index is 12.2. The molecule has 3 aromatic rings. The molecule has 2 N–H and O–H groups in total. The molecule has 118 valence electrons. The summed E-state index contributed by atoms with van der Waals surface area (Å²) in [5, 5.41) is 6.64. The van der Waals surface area contributed by atoms with Crippen molar-refractivity contribution in [2.75, 3.05) is 24.4 Å². The smallest absolute Gasteiger partial charge is 0.323 e. The van der Waals surface area contributed by atoms with Crippen LogP contribution in [0.2, 0.25) is 0 Å². The molecule has 0 fully saturated rings. The highest BCUT2D eigenvalue weighted by molar-refractivity contribution is 6.06. The van der Waals surface area contributed by atoms with Gasteiger partial charge in [-0.2, -0.15) is 0 Å². The summed E-state index contributed by atoms with van der Waals surface area (Å²) in [5.74, 6) is 0. The molecular formula is C17H18N4O2. The molecule has 0 saturated heterocycles. The molecule has 2 aromatic heterocycles. The van der Waals surface area contributed by atoms with Gasteiger partial charge in [0.1, 0.15) is 0 Å². The lowest BCUT2D eigenvalue weighted by Gasteiger charge is -2.06. The lowest BCUT2D eigenvalue weighted by Crippen LogP contribution is -2.19. The average Bonchev–Trinajstić information content (AvgIpc) is 2.92. The number of fused-ring (bicyclic) bond motifs is 1. The highest BCUT2D eigenvalue weighted by atomic mass is 16.5. The Kier molecular flexibility index (Phi) is 4.54. The fraction of sp³-hybridized carbons (Fsp3) is 0.176. The zero-order valence-corrected chi connectivity index (χ0v) is 12.8. The molecule has 23 heavy (non-hydrogen) atoms. The number of methoxy groups -OCH3 is 1. The monoisotopic (exact) mass is 310 g/mol. The summed E-state index contributed by atoms with van der Waals surface area (Å²) in [6, 6.07) is 11.2. The second kappa shape index (κ2) is 6.93. The van der Waals surface area contributed by atoms with Crippen molar-refractivity contribution in [2.45, 2.75) is 6.54 Å². The van der Waals surface area contributed by atoms with Crippen molar-refractivity contribution in [1.29, 1.82) is 0 Å². The number of anilines is 2. The van der Waals surface area contributed by atoms with E-state index in [2.05, 4.69) is 20.2 Å². The first-order valence-corrected chi connectivity index (χ1v) is 7.33. The van der Waals surface area contributed by atoms with Crippen LogP contribution in [0.25, 0.3) is 10.9 Å². The second-order valence-electron chi connectivity index (χ2n) is 5.07. The molecule has 0 saturated carbocycles. The van der Waals surface area contributed by atoms with Crippen molar-refractivity contribution in [3.63, 3.8) is 0 Å². The predicted molar refractivity (Wildman–Crippen MR) is 90.7 cm³/mol. The van der Waals surface area contributed by atoms with Crippen molar-refractivity contribution >= 4 is 28.3 Å². The number of nitrogens with zero attached hydrogens (tertiary/aromatic N) is 2. The van der Waals surface area contributed by atoms with Crippen LogP contribution in [-0.2, 0) is 11.3 Å². The van der Waals surface area contributed by atoms with E-state index in [0.29, 0.717) is 12.3 Å². The number of benzene rings is 1. The van der Waals surface area contributed by atoms with E-state index in [9.17, 15) is 4.79 Å². The van der Waals surface area contributed by atoms with Crippen molar-refractivity contribution in [3.8, 4) is 0 Å².